The van der Waals surface area contributed by atoms with Gasteiger partial charge >= 0.3 is 5.97 Å². The number of carbonyl (C=O) groups excluding carboxylic acids is 1. The normalized spacial score (nSPS) is 18.2. The number of piperidine rings is 1. The van der Waals surface area contributed by atoms with Crippen molar-refractivity contribution in [2.24, 2.45) is 5.92 Å². The second-order valence-corrected chi connectivity index (χ2v) is 9.99. The summed E-state index contributed by atoms with van der Waals surface area (Å²) in [6.07, 6.45) is 2.44. The minimum atomic E-state index is -2.70. The van der Waals surface area contributed by atoms with Crippen LogP contribution in [0.25, 0.3) is 0 Å². The monoisotopic (exact) mass is 385 g/mol. The van der Waals surface area contributed by atoms with Crippen molar-refractivity contribution < 1.29 is 14.1 Å². The van der Waals surface area contributed by atoms with Crippen LogP contribution in [0.4, 0.5) is 0 Å². The molecule has 0 saturated carbocycles. The molecule has 0 aromatic heterocycles. The van der Waals surface area contributed by atoms with Crippen LogP contribution in [0, 0.1) is 5.92 Å². The molecule has 0 N–H and O–H groups in total. The smallest absolute Gasteiger partial charge is 0.310 e. The molecule has 5 heteroatoms. The molecular formula is C22H28NO3P. The summed E-state index contributed by atoms with van der Waals surface area (Å²) in [6, 6.07) is 19.5. The van der Waals surface area contributed by atoms with Crippen LogP contribution < -0.4 is 10.6 Å². The molecule has 144 valence electrons. The number of benzene rings is 2. The van der Waals surface area contributed by atoms with E-state index in [-0.39, 0.29) is 11.9 Å². The van der Waals surface area contributed by atoms with Gasteiger partial charge in [0.05, 0.1) is 12.5 Å². The second kappa shape index (κ2) is 9.34. The van der Waals surface area contributed by atoms with E-state index in [1.54, 1.807) is 0 Å². The lowest BCUT2D eigenvalue weighted by atomic mass is 9.98. The van der Waals surface area contributed by atoms with Gasteiger partial charge in [0.2, 0.25) is 0 Å². The van der Waals surface area contributed by atoms with Crippen LogP contribution in [0.5, 0.6) is 0 Å². The largest absolute Gasteiger partial charge is 0.466 e. The van der Waals surface area contributed by atoms with Crippen molar-refractivity contribution in [2.75, 3.05) is 32.4 Å². The predicted octanol–water partition coefficient (Wildman–Crippen LogP) is 3.28. The Labute approximate surface area is 161 Å². The molecule has 1 aliphatic heterocycles. The first-order chi connectivity index (χ1) is 13.1. The standard InChI is InChI=1S/C22H28NO3P/c1-2-26-22(24)19-10-9-15-23(18-19)16-17-27(25,20-11-5-3-6-12-20)21-13-7-4-8-14-21/h3-8,11-14,19H,2,9-10,15-18H2,1H3/t19-/m1/s1. The third kappa shape index (κ3) is 4.88. The molecule has 0 bridgehead atoms. The molecule has 1 saturated heterocycles. The van der Waals surface area contributed by atoms with Gasteiger partial charge in [-0.25, -0.2) is 0 Å². The molecule has 1 atom stereocenters. The maximum atomic E-state index is 14.1. The number of likely N-dealkylation sites (tertiary alicyclic amines) is 1. The Bertz CT molecular complexity index is 735. The lowest BCUT2D eigenvalue weighted by molar-refractivity contribution is -0.149. The molecule has 0 spiro atoms. The summed E-state index contributed by atoms with van der Waals surface area (Å²) in [6.45, 7) is 4.62. The third-order valence-corrected chi connectivity index (χ3v) is 8.30. The van der Waals surface area contributed by atoms with Gasteiger partial charge in [-0.05, 0) is 26.3 Å². The topological polar surface area (TPSA) is 46.6 Å². The van der Waals surface area contributed by atoms with Crippen LogP contribution in [0.1, 0.15) is 19.8 Å². The summed E-state index contributed by atoms with van der Waals surface area (Å²) < 4.78 is 19.3. The fourth-order valence-electron chi connectivity index (χ4n) is 3.74. The van der Waals surface area contributed by atoms with E-state index >= 15 is 0 Å². The van der Waals surface area contributed by atoms with E-state index in [1.165, 1.54) is 0 Å². The van der Waals surface area contributed by atoms with Gasteiger partial charge in [-0.2, -0.15) is 0 Å². The predicted molar refractivity (Wildman–Crippen MR) is 110 cm³/mol. The average molecular weight is 385 g/mol. The maximum absolute atomic E-state index is 14.1. The number of carbonyl (C=O) groups is 1. The first-order valence-corrected chi connectivity index (χ1v) is 11.6. The zero-order chi connectivity index (χ0) is 19.1. The van der Waals surface area contributed by atoms with Gasteiger partial charge in [0.1, 0.15) is 7.14 Å². The molecule has 2 aromatic carbocycles. The molecule has 0 amide bonds. The number of hydrogen-bond donors (Lipinski definition) is 0. The quantitative estimate of drug-likeness (QED) is 0.542. The van der Waals surface area contributed by atoms with Crippen molar-refractivity contribution in [2.45, 2.75) is 19.8 Å². The van der Waals surface area contributed by atoms with Crippen molar-refractivity contribution in [1.29, 1.82) is 0 Å². The van der Waals surface area contributed by atoms with E-state index in [1.807, 2.05) is 67.6 Å². The van der Waals surface area contributed by atoms with Crippen molar-refractivity contribution in [3.8, 4) is 0 Å². The number of ether oxygens (including phenoxy) is 1. The zero-order valence-corrected chi connectivity index (χ0v) is 16.8. The number of hydrogen-bond acceptors (Lipinski definition) is 4. The molecule has 1 heterocycles. The first kappa shape index (κ1) is 19.9. The molecule has 0 unspecified atom stereocenters. The van der Waals surface area contributed by atoms with Gasteiger partial charge in [-0.3, -0.25) is 4.79 Å². The molecule has 0 aliphatic carbocycles. The van der Waals surface area contributed by atoms with Crippen LogP contribution in [-0.4, -0.2) is 43.3 Å². The molecular weight excluding hydrogens is 357 g/mol. The molecule has 1 aliphatic rings. The minimum absolute atomic E-state index is 0.0634. The summed E-state index contributed by atoms with van der Waals surface area (Å²) in [7, 11) is -2.70. The number of esters is 1. The fraction of sp³-hybridized carbons (Fsp3) is 0.409. The van der Waals surface area contributed by atoms with E-state index < -0.39 is 7.14 Å². The highest BCUT2D eigenvalue weighted by molar-refractivity contribution is 7.78. The highest BCUT2D eigenvalue weighted by Gasteiger charge is 2.31. The van der Waals surface area contributed by atoms with E-state index in [4.69, 9.17) is 4.74 Å². The maximum Gasteiger partial charge on any atom is 0.310 e. The zero-order valence-electron chi connectivity index (χ0n) is 15.9. The third-order valence-electron chi connectivity index (χ3n) is 5.20. The Morgan fingerprint density at radius 1 is 1.07 bits per heavy atom. The van der Waals surface area contributed by atoms with Crippen molar-refractivity contribution in [1.82, 2.24) is 4.90 Å². The van der Waals surface area contributed by atoms with Crippen LogP contribution in [0.2, 0.25) is 0 Å². The summed E-state index contributed by atoms with van der Waals surface area (Å²) in [5.41, 5.74) is 0. The van der Waals surface area contributed by atoms with Crippen LogP contribution in [-0.2, 0) is 14.1 Å². The lowest BCUT2D eigenvalue weighted by Crippen LogP contribution is -2.41. The van der Waals surface area contributed by atoms with Crippen LogP contribution in [0.15, 0.2) is 60.7 Å². The number of rotatable bonds is 7. The molecule has 2 aromatic rings. The van der Waals surface area contributed by atoms with E-state index in [2.05, 4.69) is 4.90 Å². The summed E-state index contributed by atoms with van der Waals surface area (Å²) in [4.78, 5) is 14.4. The molecule has 4 nitrogen and oxygen atoms in total. The fourth-order valence-corrected chi connectivity index (χ4v) is 6.42. The van der Waals surface area contributed by atoms with Gasteiger partial charge in [-0.1, -0.05) is 60.7 Å². The van der Waals surface area contributed by atoms with Gasteiger partial charge in [0.15, 0.2) is 0 Å². The Morgan fingerprint density at radius 2 is 1.67 bits per heavy atom. The van der Waals surface area contributed by atoms with Gasteiger partial charge in [0.25, 0.3) is 0 Å². The lowest BCUT2D eigenvalue weighted by Gasteiger charge is -2.32. The molecule has 3 rings (SSSR count). The summed E-state index contributed by atoms with van der Waals surface area (Å²) >= 11 is 0. The van der Waals surface area contributed by atoms with Crippen molar-refractivity contribution >= 4 is 23.7 Å². The molecule has 1 fully saturated rings. The highest BCUT2D eigenvalue weighted by Crippen LogP contribution is 2.43. The van der Waals surface area contributed by atoms with Crippen molar-refractivity contribution in [3.05, 3.63) is 60.7 Å². The van der Waals surface area contributed by atoms with Crippen LogP contribution in [0.3, 0.4) is 0 Å². The Morgan fingerprint density at radius 3 is 2.22 bits per heavy atom. The summed E-state index contributed by atoms with van der Waals surface area (Å²) in [5, 5.41) is 1.80. The first-order valence-electron chi connectivity index (χ1n) is 9.73. The van der Waals surface area contributed by atoms with Gasteiger partial charge in [-0.15, -0.1) is 0 Å². The second-order valence-electron chi connectivity index (χ2n) is 7.03. The number of nitrogens with zero attached hydrogens (tertiary/aromatic N) is 1. The Hall–Kier alpha value is -1.90. The molecule has 0 radical (unpaired) electrons. The average Bonchev–Trinajstić information content (AvgIpc) is 2.74. The van der Waals surface area contributed by atoms with E-state index in [9.17, 15) is 9.36 Å². The summed E-state index contributed by atoms with van der Waals surface area (Å²) in [5.74, 6) is -0.164. The van der Waals surface area contributed by atoms with E-state index in [0.29, 0.717) is 19.3 Å². The van der Waals surface area contributed by atoms with E-state index in [0.717, 1.165) is 36.5 Å². The van der Waals surface area contributed by atoms with Crippen LogP contribution >= 0.6 is 7.14 Å². The SMILES string of the molecule is CCOC(=O)[C@@H]1CCCN(CCP(=O)(c2ccccc2)c2ccccc2)C1. The van der Waals surface area contributed by atoms with Gasteiger partial charge in [0, 0.05) is 29.9 Å². The van der Waals surface area contributed by atoms with Gasteiger partial charge < -0.3 is 14.2 Å². The molecule has 27 heavy (non-hydrogen) atoms. The van der Waals surface area contributed by atoms with Crippen molar-refractivity contribution in [3.63, 3.8) is 0 Å². The highest BCUT2D eigenvalue weighted by atomic mass is 31.2. The Balaban J connectivity index is 1.74. The Kier molecular flexibility index (Phi) is 6.87. The minimum Gasteiger partial charge on any atom is -0.466 e.